The highest BCUT2D eigenvalue weighted by molar-refractivity contribution is 9.10. The summed E-state index contributed by atoms with van der Waals surface area (Å²) in [6.07, 6.45) is 5.95. The molecule has 1 unspecified atom stereocenters. The first kappa shape index (κ1) is 15.6. The van der Waals surface area contributed by atoms with E-state index in [1.807, 2.05) is 29.2 Å². The summed E-state index contributed by atoms with van der Waals surface area (Å²) >= 11 is 3.57. The van der Waals surface area contributed by atoms with Crippen molar-refractivity contribution in [2.24, 2.45) is 0 Å². The molecule has 5 nitrogen and oxygen atoms in total. The number of morpholine rings is 1. The Kier molecular flexibility index (Phi) is 4.24. The van der Waals surface area contributed by atoms with Gasteiger partial charge in [0, 0.05) is 41.0 Å². The quantitative estimate of drug-likeness (QED) is 0.691. The van der Waals surface area contributed by atoms with Crippen molar-refractivity contribution in [3.05, 3.63) is 52.9 Å². The van der Waals surface area contributed by atoms with Crippen LogP contribution in [0.5, 0.6) is 0 Å². The van der Waals surface area contributed by atoms with Gasteiger partial charge in [0.15, 0.2) is 0 Å². The number of hydrogen-bond donors (Lipinski definition) is 0. The van der Waals surface area contributed by atoms with Crippen LogP contribution < -0.4 is 4.90 Å². The molecule has 1 saturated heterocycles. The predicted molar refractivity (Wildman–Crippen MR) is 98.4 cm³/mol. The summed E-state index contributed by atoms with van der Waals surface area (Å²) in [6.45, 7) is 5.29. The molecule has 0 N–H and O–H groups in total. The van der Waals surface area contributed by atoms with Crippen LogP contribution in [0.1, 0.15) is 5.56 Å². The zero-order chi connectivity index (χ0) is 16.5. The van der Waals surface area contributed by atoms with E-state index in [2.05, 4.69) is 56.2 Å². The van der Waals surface area contributed by atoms with Gasteiger partial charge < -0.3 is 9.64 Å². The molecular formula is C18H19BrN4O. The molecule has 2 aromatic heterocycles. The molecule has 0 bridgehead atoms. The molecule has 0 saturated carbocycles. The normalized spacial score (nSPS) is 18.2. The molecule has 3 heterocycles. The number of ether oxygens (including phenoxy) is 1. The molecule has 0 amide bonds. The zero-order valence-corrected chi connectivity index (χ0v) is 15.1. The third-order valence-corrected chi connectivity index (χ3v) is 4.81. The van der Waals surface area contributed by atoms with Crippen LogP contribution in [-0.4, -0.2) is 40.6 Å². The Morgan fingerprint density at radius 3 is 3.08 bits per heavy atom. The van der Waals surface area contributed by atoms with Gasteiger partial charge in [-0.2, -0.15) is 5.10 Å². The first-order chi connectivity index (χ1) is 11.7. The second-order valence-corrected chi connectivity index (χ2v) is 7.09. The third kappa shape index (κ3) is 3.16. The van der Waals surface area contributed by atoms with E-state index in [1.54, 1.807) is 0 Å². The standard InChI is InChI=1S/C18H19BrN4O/c1-13-9-21-23(10-13)12-15-11-22(6-7-24-15)18-4-5-20-17-3-2-14(19)8-16(17)18/h2-5,8-10,15H,6-7,11-12H2,1H3. The Hall–Kier alpha value is -1.92. The number of aryl methyl sites for hydroxylation is 1. The summed E-state index contributed by atoms with van der Waals surface area (Å²) in [5.41, 5.74) is 3.40. The second-order valence-electron chi connectivity index (χ2n) is 6.17. The molecule has 1 aliphatic rings. The fourth-order valence-electron chi connectivity index (χ4n) is 3.20. The van der Waals surface area contributed by atoms with Crippen LogP contribution in [0.4, 0.5) is 5.69 Å². The number of aromatic nitrogens is 3. The van der Waals surface area contributed by atoms with Gasteiger partial charge in [-0.3, -0.25) is 9.67 Å². The molecule has 1 aliphatic heterocycles. The Labute approximate surface area is 149 Å². The molecule has 24 heavy (non-hydrogen) atoms. The Bertz CT molecular complexity index is 863. The van der Waals surface area contributed by atoms with Crippen molar-refractivity contribution in [1.82, 2.24) is 14.8 Å². The first-order valence-electron chi connectivity index (χ1n) is 8.09. The van der Waals surface area contributed by atoms with E-state index in [0.717, 1.165) is 36.2 Å². The molecule has 4 rings (SSSR count). The summed E-state index contributed by atoms with van der Waals surface area (Å²) in [6, 6.07) is 8.31. The van der Waals surface area contributed by atoms with Crippen molar-refractivity contribution in [3.63, 3.8) is 0 Å². The van der Waals surface area contributed by atoms with Crippen LogP contribution in [0.3, 0.4) is 0 Å². The minimum absolute atomic E-state index is 0.133. The van der Waals surface area contributed by atoms with E-state index in [-0.39, 0.29) is 6.10 Å². The van der Waals surface area contributed by atoms with E-state index in [4.69, 9.17) is 4.74 Å². The van der Waals surface area contributed by atoms with Gasteiger partial charge in [-0.05, 0) is 36.8 Å². The maximum Gasteiger partial charge on any atom is 0.0946 e. The molecule has 1 fully saturated rings. The minimum Gasteiger partial charge on any atom is -0.373 e. The van der Waals surface area contributed by atoms with E-state index in [9.17, 15) is 0 Å². The monoisotopic (exact) mass is 386 g/mol. The topological polar surface area (TPSA) is 43.2 Å². The van der Waals surface area contributed by atoms with Gasteiger partial charge in [0.05, 0.1) is 31.0 Å². The predicted octanol–water partition coefficient (Wildman–Crippen LogP) is 3.41. The van der Waals surface area contributed by atoms with Gasteiger partial charge >= 0.3 is 0 Å². The summed E-state index contributed by atoms with van der Waals surface area (Å²) in [5, 5.41) is 5.54. The molecule has 3 aromatic rings. The maximum absolute atomic E-state index is 5.95. The Morgan fingerprint density at radius 1 is 1.33 bits per heavy atom. The Morgan fingerprint density at radius 2 is 2.25 bits per heavy atom. The number of nitrogens with zero attached hydrogens (tertiary/aromatic N) is 4. The van der Waals surface area contributed by atoms with Gasteiger partial charge in [-0.15, -0.1) is 0 Å². The molecular weight excluding hydrogens is 368 g/mol. The summed E-state index contributed by atoms with van der Waals surface area (Å²) in [5.74, 6) is 0. The fraction of sp³-hybridized carbons (Fsp3) is 0.333. The summed E-state index contributed by atoms with van der Waals surface area (Å²) < 4.78 is 8.98. The van der Waals surface area contributed by atoms with Gasteiger partial charge in [0.2, 0.25) is 0 Å². The van der Waals surface area contributed by atoms with Gasteiger partial charge in [0.1, 0.15) is 0 Å². The van der Waals surface area contributed by atoms with Crippen molar-refractivity contribution in [2.75, 3.05) is 24.6 Å². The van der Waals surface area contributed by atoms with Gasteiger partial charge in [-0.1, -0.05) is 15.9 Å². The number of hydrogen-bond acceptors (Lipinski definition) is 4. The largest absolute Gasteiger partial charge is 0.373 e. The van der Waals surface area contributed by atoms with E-state index in [1.165, 1.54) is 16.6 Å². The number of fused-ring (bicyclic) bond motifs is 1. The molecule has 124 valence electrons. The molecule has 0 radical (unpaired) electrons. The van der Waals surface area contributed by atoms with Crippen molar-refractivity contribution in [1.29, 1.82) is 0 Å². The minimum atomic E-state index is 0.133. The van der Waals surface area contributed by atoms with Crippen LogP contribution in [0.25, 0.3) is 10.9 Å². The van der Waals surface area contributed by atoms with E-state index in [0.29, 0.717) is 0 Å². The lowest BCUT2D eigenvalue weighted by Crippen LogP contribution is -2.44. The highest BCUT2D eigenvalue weighted by Gasteiger charge is 2.22. The SMILES string of the molecule is Cc1cnn(CC2CN(c3ccnc4ccc(Br)cc34)CCO2)c1. The van der Waals surface area contributed by atoms with Crippen LogP contribution >= 0.6 is 15.9 Å². The van der Waals surface area contributed by atoms with Crippen LogP contribution in [0, 0.1) is 6.92 Å². The second kappa shape index (κ2) is 6.53. The summed E-state index contributed by atoms with van der Waals surface area (Å²) in [7, 11) is 0. The lowest BCUT2D eigenvalue weighted by atomic mass is 10.1. The van der Waals surface area contributed by atoms with Gasteiger partial charge in [0.25, 0.3) is 0 Å². The lowest BCUT2D eigenvalue weighted by molar-refractivity contribution is 0.0275. The summed E-state index contributed by atoms with van der Waals surface area (Å²) in [4.78, 5) is 6.86. The first-order valence-corrected chi connectivity index (χ1v) is 8.88. The van der Waals surface area contributed by atoms with Crippen molar-refractivity contribution in [2.45, 2.75) is 19.6 Å². The zero-order valence-electron chi connectivity index (χ0n) is 13.5. The number of anilines is 1. The smallest absolute Gasteiger partial charge is 0.0946 e. The highest BCUT2D eigenvalue weighted by Crippen LogP contribution is 2.29. The molecule has 0 spiro atoms. The van der Waals surface area contributed by atoms with Crippen LogP contribution in [-0.2, 0) is 11.3 Å². The highest BCUT2D eigenvalue weighted by atomic mass is 79.9. The number of rotatable bonds is 3. The fourth-order valence-corrected chi connectivity index (χ4v) is 3.56. The Balaban J connectivity index is 1.59. The number of benzene rings is 1. The molecule has 1 atom stereocenters. The van der Waals surface area contributed by atoms with Gasteiger partial charge in [-0.25, -0.2) is 0 Å². The van der Waals surface area contributed by atoms with Crippen LogP contribution in [0.2, 0.25) is 0 Å². The molecule has 6 heteroatoms. The number of halogens is 1. The van der Waals surface area contributed by atoms with E-state index >= 15 is 0 Å². The maximum atomic E-state index is 5.95. The third-order valence-electron chi connectivity index (χ3n) is 4.31. The van der Waals surface area contributed by atoms with Crippen molar-refractivity contribution in [3.8, 4) is 0 Å². The van der Waals surface area contributed by atoms with Crippen molar-refractivity contribution < 1.29 is 4.74 Å². The molecule has 1 aromatic carbocycles. The lowest BCUT2D eigenvalue weighted by Gasteiger charge is -2.35. The average Bonchev–Trinajstić information content (AvgIpc) is 2.99. The average molecular weight is 387 g/mol. The van der Waals surface area contributed by atoms with Crippen molar-refractivity contribution >= 4 is 32.5 Å². The molecule has 0 aliphatic carbocycles. The van der Waals surface area contributed by atoms with Crippen LogP contribution in [0.15, 0.2) is 47.3 Å². The van der Waals surface area contributed by atoms with E-state index < -0.39 is 0 Å². The number of pyridine rings is 1.